The average Bonchev–Trinajstić information content (AvgIpc) is 3.92. The smallest absolute Gasteiger partial charge is 0.405 e. The molecule has 60 heavy (non-hydrogen) atoms. The van der Waals surface area contributed by atoms with Gasteiger partial charge in [0.25, 0.3) is 11.8 Å². The number of carbonyl (C=O) groups is 4. The van der Waals surface area contributed by atoms with Gasteiger partial charge in [0.2, 0.25) is 17.7 Å². The highest BCUT2D eigenvalue weighted by molar-refractivity contribution is 6.07. The summed E-state index contributed by atoms with van der Waals surface area (Å²) >= 11 is 0. The normalized spacial score (nSPS) is 14.4. The van der Waals surface area contributed by atoms with Crippen LogP contribution in [0.3, 0.4) is 0 Å². The van der Waals surface area contributed by atoms with Crippen molar-refractivity contribution in [2.24, 2.45) is 14.1 Å². The molecule has 1 saturated heterocycles. The molecule has 320 valence electrons. The van der Waals surface area contributed by atoms with Crippen molar-refractivity contribution >= 4 is 46.2 Å². The molecule has 22 heteroatoms. The number of aromatic nitrogens is 6. The lowest BCUT2D eigenvalue weighted by Crippen LogP contribution is -2.44. The lowest BCUT2D eigenvalue weighted by molar-refractivity contribution is -0.135. The summed E-state index contributed by atoms with van der Waals surface area (Å²) in [4.78, 5) is 70.7. The lowest BCUT2D eigenvalue weighted by Gasteiger charge is -2.21. The zero-order valence-corrected chi connectivity index (χ0v) is 32.7. The van der Waals surface area contributed by atoms with E-state index in [1.807, 2.05) is 18.2 Å². The molecule has 4 amide bonds. The summed E-state index contributed by atoms with van der Waals surface area (Å²) in [5.41, 5.74) is 2.25. The third-order valence-corrected chi connectivity index (χ3v) is 9.21. The number of imidazole rings is 1. The predicted molar refractivity (Wildman–Crippen MR) is 207 cm³/mol. The number of imide groups is 1. The molecule has 19 nitrogen and oxygen atoms in total. The molecule has 0 spiro atoms. The minimum Gasteiger partial charge on any atom is -0.444 e. The summed E-state index contributed by atoms with van der Waals surface area (Å²) in [6.07, 6.45) is 1.25. The minimum absolute atomic E-state index is 0.0290. The van der Waals surface area contributed by atoms with Crippen molar-refractivity contribution in [2.75, 3.05) is 63.4 Å². The maximum atomic E-state index is 13.0. The van der Waals surface area contributed by atoms with E-state index in [1.54, 1.807) is 14.1 Å². The summed E-state index contributed by atoms with van der Waals surface area (Å²) in [7, 11) is 3.23. The van der Waals surface area contributed by atoms with Crippen LogP contribution in [0.2, 0.25) is 0 Å². The molecule has 1 aromatic carbocycles. The first-order valence-corrected chi connectivity index (χ1v) is 18.9. The van der Waals surface area contributed by atoms with Gasteiger partial charge in [0, 0.05) is 51.6 Å². The number of oxazole rings is 1. The summed E-state index contributed by atoms with van der Waals surface area (Å²) in [6.45, 7) is 0.895. The first-order valence-electron chi connectivity index (χ1n) is 18.9. The highest BCUT2D eigenvalue weighted by Gasteiger charge is 2.31. The summed E-state index contributed by atoms with van der Waals surface area (Å²) in [5.74, 6) is -2.17. The van der Waals surface area contributed by atoms with Crippen LogP contribution in [0.4, 0.5) is 24.7 Å². The Bertz CT molecular complexity index is 2390. The molecule has 4 N–H and O–H groups in total. The standard InChI is InChI=1S/C38H43F3N10O9/c1-49-20-25(45-33(53)26-21-60-36(46-26)24-9-10-42-30(19-24)44-22-38(39,40)41)32(48-49)35(55)43-11-13-58-15-17-59-16-14-57-12-3-4-23-5-6-27-29(18-23)50(2)37(56)51(27)28-7-8-31(52)47-34(28)54/h5-6,9-10,18-21,28H,3-4,7-8,11-17,22H2,1-2H3,(H,42,44)(H,43,55)(H,45,53)(H,47,52,54). The number of hydrogen-bond donors (Lipinski definition) is 4. The number of carbonyl (C=O) groups excluding carboxylic acids is 4. The molecular weight excluding hydrogens is 797 g/mol. The van der Waals surface area contributed by atoms with E-state index in [-0.39, 0.29) is 78.5 Å². The molecule has 0 saturated carbocycles. The van der Waals surface area contributed by atoms with Crippen molar-refractivity contribution in [2.45, 2.75) is 37.9 Å². The topological polar surface area (TPSA) is 228 Å². The van der Waals surface area contributed by atoms with E-state index < -0.39 is 36.5 Å². The molecular formula is C38H43F3N10O9. The van der Waals surface area contributed by atoms with Crippen LogP contribution >= 0.6 is 0 Å². The van der Waals surface area contributed by atoms with Gasteiger partial charge >= 0.3 is 11.9 Å². The van der Waals surface area contributed by atoms with E-state index in [2.05, 4.69) is 36.3 Å². The van der Waals surface area contributed by atoms with Crippen molar-refractivity contribution in [3.63, 3.8) is 0 Å². The second-order valence-electron chi connectivity index (χ2n) is 13.7. The fourth-order valence-corrected chi connectivity index (χ4v) is 6.33. The maximum Gasteiger partial charge on any atom is 0.405 e. The summed E-state index contributed by atoms with van der Waals surface area (Å²) in [5, 5.41) is 13.9. The fourth-order valence-electron chi connectivity index (χ4n) is 6.33. The molecule has 1 aliphatic rings. The van der Waals surface area contributed by atoms with Crippen LogP contribution < -0.4 is 27.0 Å². The van der Waals surface area contributed by atoms with Crippen molar-refractivity contribution < 1.29 is 51.0 Å². The molecule has 0 aliphatic carbocycles. The van der Waals surface area contributed by atoms with E-state index in [4.69, 9.17) is 18.6 Å². The predicted octanol–water partition coefficient (Wildman–Crippen LogP) is 2.74. The SMILES string of the molecule is Cn1cc(NC(=O)c2coc(-c3ccnc(NCC(F)(F)F)c3)n2)c(C(=O)NCCOCCOCCOCCCc2ccc3c(c2)n(C)c(=O)n3C2CCC(=O)NC2=O)n1. The Balaban J connectivity index is 0.835. The zero-order valence-electron chi connectivity index (χ0n) is 32.7. The number of pyridine rings is 1. The van der Waals surface area contributed by atoms with Crippen LogP contribution in [0.15, 0.2) is 58.2 Å². The summed E-state index contributed by atoms with van der Waals surface area (Å²) in [6, 6.07) is 7.71. The first kappa shape index (κ1) is 43.2. The van der Waals surface area contributed by atoms with Crippen LogP contribution in [-0.2, 0) is 44.3 Å². The van der Waals surface area contributed by atoms with Gasteiger partial charge in [0.1, 0.15) is 24.7 Å². The molecule has 1 aliphatic heterocycles. The average molecular weight is 841 g/mol. The highest BCUT2D eigenvalue weighted by atomic mass is 19.4. The Morgan fingerprint density at radius 2 is 1.72 bits per heavy atom. The molecule has 1 fully saturated rings. The van der Waals surface area contributed by atoms with Crippen molar-refractivity contribution in [3.8, 4) is 11.5 Å². The summed E-state index contributed by atoms with van der Waals surface area (Å²) < 4.78 is 64.2. The Morgan fingerprint density at radius 1 is 0.967 bits per heavy atom. The number of alkyl halides is 3. The van der Waals surface area contributed by atoms with Crippen molar-refractivity contribution in [1.82, 2.24) is 39.5 Å². The highest BCUT2D eigenvalue weighted by Crippen LogP contribution is 2.25. The van der Waals surface area contributed by atoms with Crippen LogP contribution in [-0.4, -0.2) is 111 Å². The molecule has 1 atom stereocenters. The van der Waals surface area contributed by atoms with Crippen molar-refractivity contribution in [3.05, 3.63) is 76.4 Å². The third-order valence-electron chi connectivity index (χ3n) is 9.21. The van der Waals surface area contributed by atoms with Gasteiger partial charge in [0.05, 0.1) is 49.8 Å². The molecule has 5 heterocycles. The van der Waals surface area contributed by atoms with Crippen LogP contribution in [0.25, 0.3) is 22.5 Å². The number of fused-ring (bicyclic) bond motifs is 1. The number of anilines is 2. The van der Waals surface area contributed by atoms with Gasteiger partial charge < -0.3 is 34.6 Å². The van der Waals surface area contributed by atoms with E-state index in [1.165, 1.54) is 38.3 Å². The number of aryl methyl sites for hydroxylation is 3. The lowest BCUT2D eigenvalue weighted by atomic mass is 10.1. The molecule has 6 rings (SSSR count). The maximum absolute atomic E-state index is 13.0. The van der Waals surface area contributed by atoms with Gasteiger partial charge in [-0.1, -0.05) is 6.07 Å². The molecule has 1 unspecified atom stereocenters. The quantitative estimate of drug-likeness (QED) is 0.0654. The Morgan fingerprint density at radius 3 is 2.47 bits per heavy atom. The van der Waals surface area contributed by atoms with Crippen LogP contribution in [0, 0.1) is 0 Å². The van der Waals surface area contributed by atoms with Gasteiger partial charge in [-0.15, -0.1) is 0 Å². The van der Waals surface area contributed by atoms with Gasteiger partial charge in [-0.25, -0.2) is 14.8 Å². The number of piperidine rings is 1. The van der Waals surface area contributed by atoms with Gasteiger partial charge in [-0.2, -0.15) is 18.3 Å². The van der Waals surface area contributed by atoms with E-state index in [0.29, 0.717) is 43.9 Å². The first-order chi connectivity index (χ1) is 28.8. The number of nitrogens with zero attached hydrogens (tertiary/aromatic N) is 6. The van der Waals surface area contributed by atoms with Gasteiger partial charge in [0.15, 0.2) is 11.4 Å². The second-order valence-corrected chi connectivity index (χ2v) is 13.7. The number of amides is 4. The number of ether oxygens (including phenoxy) is 3. The second kappa shape index (κ2) is 19.6. The van der Waals surface area contributed by atoms with Crippen LogP contribution in [0.5, 0.6) is 0 Å². The Hall–Kier alpha value is -6.39. The monoisotopic (exact) mass is 840 g/mol. The van der Waals surface area contributed by atoms with Gasteiger partial charge in [-0.05, 0) is 49.1 Å². The fraction of sp³-hybridized carbons (Fsp3) is 0.421. The molecule has 0 radical (unpaired) electrons. The largest absolute Gasteiger partial charge is 0.444 e. The molecule has 4 aromatic heterocycles. The number of hydrogen-bond acceptors (Lipinski definition) is 13. The van der Waals surface area contributed by atoms with E-state index >= 15 is 0 Å². The Kier molecular flexibility index (Phi) is 14.1. The minimum atomic E-state index is -4.44. The molecule has 0 bridgehead atoms. The number of benzene rings is 1. The van der Waals surface area contributed by atoms with Crippen LogP contribution in [0.1, 0.15) is 51.8 Å². The zero-order chi connectivity index (χ0) is 42.8. The van der Waals surface area contributed by atoms with E-state index in [9.17, 15) is 37.1 Å². The van der Waals surface area contributed by atoms with Gasteiger partial charge in [-0.3, -0.25) is 38.3 Å². The van der Waals surface area contributed by atoms with E-state index in [0.717, 1.165) is 18.2 Å². The number of rotatable bonds is 20. The number of nitrogens with one attached hydrogen (secondary N) is 4. The Labute approximate surface area is 339 Å². The molecule has 5 aromatic rings. The van der Waals surface area contributed by atoms with Crippen molar-refractivity contribution in [1.29, 1.82) is 0 Å². The number of halogens is 3. The third kappa shape index (κ3) is 11.2.